The molecule has 0 spiro atoms. The molecule has 1 aliphatic heterocycles. The lowest BCUT2D eigenvalue weighted by molar-refractivity contribution is -0.676. The second kappa shape index (κ2) is 5.29. The molecule has 1 saturated heterocycles. The Balaban J connectivity index is 1.75. The summed E-state index contributed by atoms with van der Waals surface area (Å²) in [4.78, 5) is 0. The molecule has 1 atom stereocenters. The van der Waals surface area contributed by atoms with Gasteiger partial charge in [-0.15, -0.1) is 0 Å². The van der Waals surface area contributed by atoms with Crippen molar-refractivity contribution in [3.63, 3.8) is 0 Å². The van der Waals surface area contributed by atoms with E-state index in [9.17, 15) is 0 Å². The standard InChI is InChI=1S/C13H19NO/c1-11-5-2-3-6-12(11)9-14-10-13-7-4-8-15-13/h2-3,5-6,13-14H,4,7-10H2,1H3/p+1/t13-/m0/s1. The van der Waals surface area contributed by atoms with Gasteiger partial charge in [-0.1, -0.05) is 24.3 Å². The van der Waals surface area contributed by atoms with Crippen molar-refractivity contribution in [2.45, 2.75) is 32.4 Å². The highest BCUT2D eigenvalue weighted by atomic mass is 16.5. The molecule has 82 valence electrons. The Kier molecular flexibility index (Phi) is 3.75. The molecule has 1 aromatic rings. The summed E-state index contributed by atoms with van der Waals surface area (Å²) in [5.41, 5.74) is 2.83. The molecule has 2 heteroatoms. The number of benzene rings is 1. The maximum Gasteiger partial charge on any atom is 0.106 e. The van der Waals surface area contributed by atoms with Crippen LogP contribution in [0.25, 0.3) is 0 Å². The molecule has 0 amide bonds. The van der Waals surface area contributed by atoms with E-state index in [-0.39, 0.29) is 0 Å². The first-order valence-electron chi connectivity index (χ1n) is 5.84. The van der Waals surface area contributed by atoms with Gasteiger partial charge < -0.3 is 10.1 Å². The SMILES string of the molecule is Cc1ccccc1C[NH2+]C[C@@H]1CCCO1. The normalized spacial score (nSPS) is 20.7. The maximum absolute atomic E-state index is 5.59. The highest BCUT2D eigenvalue weighted by molar-refractivity contribution is 5.24. The van der Waals surface area contributed by atoms with Crippen molar-refractivity contribution in [3.05, 3.63) is 35.4 Å². The van der Waals surface area contributed by atoms with E-state index >= 15 is 0 Å². The fourth-order valence-electron chi connectivity index (χ4n) is 2.09. The third kappa shape index (κ3) is 3.05. The predicted molar refractivity (Wildman–Crippen MR) is 60.6 cm³/mol. The molecule has 0 saturated carbocycles. The molecule has 1 aromatic carbocycles. The van der Waals surface area contributed by atoms with Gasteiger partial charge in [0.05, 0.1) is 0 Å². The van der Waals surface area contributed by atoms with Crippen molar-refractivity contribution < 1.29 is 10.1 Å². The topological polar surface area (TPSA) is 25.8 Å². The Morgan fingerprint density at radius 1 is 1.40 bits per heavy atom. The van der Waals surface area contributed by atoms with Crippen LogP contribution in [0, 0.1) is 6.92 Å². The molecular formula is C13H20NO+. The van der Waals surface area contributed by atoms with E-state index in [1.807, 2.05) is 0 Å². The monoisotopic (exact) mass is 206 g/mol. The largest absolute Gasteiger partial charge is 0.372 e. The van der Waals surface area contributed by atoms with Crippen LogP contribution < -0.4 is 5.32 Å². The van der Waals surface area contributed by atoms with Crippen LogP contribution in [-0.2, 0) is 11.3 Å². The molecule has 1 fully saturated rings. The molecule has 0 radical (unpaired) electrons. The Morgan fingerprint density at radius 2 is 2.27 bits per heavy atom. The average Bonchev–Trinajstić information content (AvgIpc) is 2.74. The van der Waals surface area contributed by atoms with Crippen LogP contribution in [0.4, 0.5) is 0 Å². The van der Waals surface area contributed by atoms with Crippen LogP contribution in [0.2, 0.25) is 0 Å². The summed E-state index contributed by atoms with van der Waals surface area (Å²) in [5.74, 6) is 0. The summed E-state index contributed by atoms with van der Waals surface area (Å²) < 4.78 is 5.59. The van der Waals surface area contributed by atoms with Gasteiger partial charge in [0, 0.05) is 12.2 Å². The van der Waals surface area contributed by atoms with Crippen LogP contribution in [0.3, 0.4) is 0 Å². The first-order chi connectivity index (χ1) is 7.36. The Hall–Kier alpha value is -0.860. The third-order valence-corrected chi connectivity index (χ3v) is 3.08. The molecule has 0 aromatic heterocycles. The average molecular weight is 206 g/mol. The zero-order valence-electron chi connectivity index (χ0n) is 9.41. The molecule has 1 aliphatic rings. The van der Waals surface area contributed by atoms with Crippen molar-refractivity contribution in [2.75, 3.05) is 13.2 Å². The van der Waals surface area contributed by atoms with Crippen LogP contribution >= 0.6 is 0 Å². The van der Waals surface area contributed by atoms with E-state index in [0.29, 0.717) is 6.10 Å². The van der Waals surface area contributed by atoms with E-state index < -0.39 is 0 Å². The number of ether oxygens (including phenoxy) is 1. The first kappa shape index (κ1) is 10.7. The number of hydrogen-bond acceptors (Lipinski definition) is 1. The van der Waals surface area contributed by atoms with E-state index in [1.54, 1.807) is 0 Å². The third-order valence-electron chi connectivity index (χ3n) is 3.08. The van der Waals surface area contributed by atoms with Crippen molar-refractivity contribution in [1.29, 1.82) is 0 Å². The van der Waals surface area contributed by atoms with Gasteiger partial charge in [0.15, 0.2) is 0 Å². The van der Waals surface area contributed by atoms with Crippen molar-refractivity contribution in [1.82, 2.24) is 0 Å². The van der Waals surface area contributed by atoms with Crippen LogP contribution in [0.5, 0.6) is 0 Å². The Labute approximate surface area is 91.6 Å². The zero-order valence-corrected chi connectivity index (χ0v) is 9.41. The highest BCUT2D eigenvalue weighted by Gasteiger charge is 2.16. The van der Waals surface area contributed by atoms with Gasteiger partial charge in [-0.25, -0.2) is 0 Å². The maximum atomic E-state index is 5.59. The minimum atomic E-state index is 0.494. The molecule has 2 rings (SSSR count). The van der Waals surface area contributed by atoms with Gasteiger partial charge in [0.25, 0.3) is 0 Å². The molecule has 0 bridgehead atoms. The number of quaternary nitrogens is 1. The fraction of sp³-hybridized carbons (Fsp3) is 0.538. The molecule has 15 heavy (non-hydrogen) atoms. The van der Waals surface area contributed by atoms with Crippen LogP contribution in [0.15, 0.2) is 24.3 Å². The first-order valence-corrected chi connectivity index (χ1v) is 5.84. The lowest BCUT2D eigenvalue weighted by Crippen LogP contribution is -2.84. The second-order valence-electron chi connectivity index (χ2n) is 4.29. The number of aryl methyl sites for hydroxylation is 1. The Morgan fingerprint density at radius 3 is 3.00 bits per heavy atom. The summed E-state index contributed by atoms with van der Waals surface area (Å²) >= 11 is 0. The van der Waals surface area contributed by atoms with Crippen LogP contribution in [-0.4, -0.2) is 19.3 Å². The summed E-state index contributed by atoms with van der Waals surface area (Å²) in [6, 6.07) is 8.59. The quantitative estimate of drug-likeness (QED) is 0.788. The van der Waals surface area contributed by atoms with Gasteiger partial charge in [0.2, 0.25) is 0 Å². The molecular weight excluding hydrogens is 186 g/mol. The minimum absolute atomic E-state index is 0.494. The van der Waals surface area contributed by atoms with Crippen molar-refractivity contribution in [3.8, 4) is 0 Å². The van der Waals surface area contributed by atoms with Gasteiger partial charge in [-0.05, 0) is 25.3 Å². The minimum Gasteiger partial charge on any atom is -0.372 e. The van der Waals surface area contributed by atoms with Gasteiger partial charge in [-0.3, -0.25) is 0 Å². The van der Waals surface area contributed by atoms with Gasteiger partial charge >= 0.3 is 0 Å². The van der Waals surface area contributed by atoms with Gasteiger partial charge in [-0.2, -0.15) is 0 Å². The van der Waals surface area contributed by atoms with E-state index in [2.05, 4.69) is 36.5 Å². The molecule has 2 nitrogen and oxygen atoms in total. The molecule has 2 N–H and O–H groups in total. The Bertz CT molecular complexity index is 305. The fourth-order valence-corrected chi connectivity index (χ4v) is 2.09. The zero-order chi connectivity index (χ0) is 10.5. The lowest BCUT2D eigenvalue weighted by Gasteiger charge is -2.09. The smallest absolute Gasteiger partial charge is 0.106 e. The van der Waals surface area contributed by atoms with E-state index in [1.165, 1.54) is 24.0 Å². The summed E-state index contributed by atoms with van der Waals surface area (Å²) in [7, 11) is 0. The molecule has 0 unspecified atom stereocenters. The predicted octanol–water partition coefficient (Wildman–Crippen LogP) is 1.24. The van der Waals surface area contributed by atoms with E-state index in [0.717, 1.165) is 19.7 Å². The molecule has 1 heterocycles. The van der Waals surface area contributed by atoms with Crippen LogP contribution in [0.1, 0.15) is 24.0 Å². The molecule has 0 aliphatic carbocycles. The van der Waals surface area contributed by atoms with Crippen molar-refractivity contribution >= 4 is 0 Å². The summed E-state index contributed by atoms with van der Waals surface area (Å²) in [5, 5.41) is 2.36. The number of hydrogen-bond donors (Lipinski definition) is 1. The van der Waals surface area contributed by atoms with Gasteiger partial charge in [0.1, 0.15) is 19.2 Å². The van der Waals surface area contributed by atoms with E-state index in [4.69, 9.17) is 4.74 Å². The second-order valence-corrected chi connectivity index (χ2v) is 4.29. The highest BCUT2D eigenvalue weighted by Crippen LogP contribution is 2.09. The number of rotatable bonds is 4. The lowest BCUT2D eigenvalue weighted by atomic mass is 10.1. The summed E-state index contributed by atoms with van der Waals surface area (Å²) in [6.45, 7) is 5.32. The summed E-state index contributed by atoms with van der Waals surface area (Å²) in [6.07, 6.45) is 2.97. The van der Waals surface area contributed by atoms with Crippen molar-refractivity contribution in [2.24, 2.45) is 0 Å². The number of nitrogens with two attached hydrogens (primary N) is 1.